The molecule has 0 saturated heterocycles. The Morgan fingerprint density at radius 3 is 2.53 bits per heavy atom. The van der Waals surface area contributed by atoms with Gasteiger partial charge < -0.3 is 15.7 Å². The van der Waals surface area contributed by atoms with Crippen LogP contribution < -0.4 is 10.6 Å². The Labute approximate surface area is 104 Å². The van der Waals surface area contributed by atoms with E-state index in [9.17, 15) is 5.11 Å². The molecule has 3 heteroatoms. The monoisotopic (exact) mass is 236 g/mol. The van der Waals surface area contributed by atoms with Crippen LogP contribution in [-0.2, 0) is 0 Å². The quantitative estimate of drug-likeness (QED) is 0.708. The van der Waals surface area contributed by atoms with Gasteiger partial charge in [-0.2, -0.15) is 0 Å². The number of hydrogen-bond donors (Lipinski definition) is 3. The predicted molar refractivity (Wildman–Crippen MR) is 73.6 cm³/mol. The first-order chi connectivity index (χ1) is 8.00. The van der Waals surface area contributed by atoms with Crippen LogP contribution in [0.15, 0.2) is 18.2 Å². The largest absolute Gasteiger partial charge is 0.390 e. The summed E-state index contributed by atoms with van der Waals surface area (Å²) in [5.74, 6) is 0. The van der Waals surface area contributed by atoms with Crippen molar-refractivity contribution in [1.82, 2.24) is 5.32 Å². The van der Waals surface area contributed by atoms with Crippen molar-refractivity contribution < 1.29 is 5.11 Å². The number of aliphatic hydroxyl groups is 1. The number of rotatable bonds is 6. The molecule has 0 amide bonds. The van der Waals surface area contributed by atoms with E-state index in [1.165, 1.54) is 11.1 Å². The summed E-state index contributed by atoms with van der Waals surface area (Å²) in [6, 6.07) is 6.58. The fourth-order valence-corrected chi connectivity index (χ4v) is 1.61. The predicted octanol–water partition coefficient (Wildman–Crippen LogP) is 2.07. The second kappa shape index (κ2) is 6.62. The zero-order valence-corrected chi connectivity index (χ0v) is 11.2. The Kier molecular flexibility index (Phi) is 5.45. The van der Waals surface area contributed by atoms with Crippen LogP contribution in [0, 0.1) is 13.8 Å². The lowest BCUT2D eigenvalue weighted by atomic mass is 10.1. The van der Waals surface area contributed by atoms with Gasteiger partial charge in [-0.1, -0.05) is 26.0 Å². The molecule has 0 aliphatic carbocycles. The lowest BCUT2D eigenvalue weighted by Gasteiger charge is -2.17. The molecule has 1 aromatic rings. The lowest BCUT2D eigenvalue weighted by Crippen LogP contribution is -2.35. The third kappa shape index (κ3) is 4.75. The summed E-state index contributed by atoms with van der Waals surface area (Å²) in [6.07, 6.45) is -0.364. The minimum absolute atomic E-state index is 0.364. The Morgan fingerprint density at radius 2 is 1.88 bits per heavy atom. The molecule has 0 spiro atoms. The summed E-state index contributed by atoms with van der Waals surface area (Å²) in [5.41, 5.74) is 3.62. The van der Waals surface area contributed by atoms with Crippen molar-refractivity contribution in [2.45, 2.75) is 39.8 Å². The molecule has 0 saturated carbocycles. The fourth-order valence-electron chi connectivity index (χ4n) is 1.61. The molecule has 0 fully saturated rings. The molecule has 0 heterocycles. The molecular weight excluding hydrogens is 212 g/mol. The van der Waals surface area contributed by atoms with E-state index < -0.39 is 0 Å². The molecule has 3 nitrogen and oxygen atoms in total. The summed E-state index contributed by atoms with van der Waals surface area (Å²) in [5, 5.41) is 16.3. The van der Waals surface area contributed by atoms with Crippen LogP contribution in [0.2, 0.25) is 0 Å². The fraction of sp³-hybridized carbons (Fsp3) is 0.571. The maximum atomic E-state index is 9.79. The third-order valence-electron chi connectivity index (χ3n) is 2.89. The summed E-state index contributed by atoms with van der Waals surface area (Å²) >= 11 is 0. The van der Waals surface area contributed by atoms with E-state index in [1.54, 1.807) is 0 Å². The molecule has 0 aliphatic rings. The van der Waals surface area contributed by atoms with E-state index in [0.717, 1.165) is 5.69 Å². The van der Waals surface area contributed by atoms with Crippen molar-refractivity contribution in [2.75, 3.05) is 18.4 Å². The van der Waals surface area contributed by atoms with Gasteiger partial charge in [0.1, 0.15) is 0 Å². The number of hydrogen-bond acceptors (Lipinski definition) is 3. The molecule has 1 unspecified atom stereocenters. The smallest absolute Gasteiger partial charge is 0.0836 e. The van der Waals surface area contributed by atoms with Crippen LogP contribution in [0.4, 0.5) is 5.69 Å². The highest BCUT2D eigenvalue weighted by atomic mass is 16.3. The van der Waals surface area contributed by atoms with Crippen LogP contribution in [-0.4, -0.2) is 30.3 Å². The lowest BCUT2D eigenvalue weighted by molar-refractivity contribution is 0.181. The number of anilines is 1. The second-order valence-electron chi connectivity index (χ2n) is 4.85. The molecule has 0 aromatic heterocycles. The van der Waals surface area contributed by atoms with Gasteiger partial charge in [0.25, 0.3) is 0 Å². The molecule has 3 N–H and O–H groups in total. The van der Waals surface area contributed by atoms with Crippen molar-refractivity contribution >= 4 is 5.69 Å². The van der Waals surface area contributed by atoms with Crippen LogP contribution in [0.1, 0.15) is 25.0 Å². The average molecular weight is 236 g/mol. The highest BCUT2D eigenvalue weighted by molar-refractivity contribution is 5.53. The Bertz CT molecular complexity index is 350. The van der Waals surface area contributed by atoms with Gasteiger partial charge in [0.15, 0.2) is 0 Å². The molecule has 0 aliphatic heterocycles. The van der Waals surface area contributed by atoms with Crippen LogP contribution >= 0.6 is 0 Å². The van der Waals surface area contributed by atoms with E-state index >= 15 is 0 Å². The summed E-state index contributed by atoms with van der Waals surface area (Å²) < 4.78 is 0. The Balaban J connectivity index is 2.42. The maximum Gasteiger partial charge on any atom is 0.0836 e. The number of aryl methyl sites for hydroxylation is 1. The normalized spacial score (nSPS) is 12.8. The van der Waals surface area contributed by atoms with E-state index in [4.69, 9.17) is 0 Å². The van der Waals surface area contributed by atoms with Gasteiger partial charge in [-0.25, -0.2) is 0 Å². The molecule has 96 valence electrons. The van der Waals surface area contributed by atoms with Crippen LogP contribution in [0.25, 0.3) is 0 Å². The van der Waals surface area contributed by atoms with Gasteiger partial charge in [0.2, 0.25) is 0 Å². The van der Waals surface area contributed by atoms with Gasteiger partial charge in [0.05, 0.1) is 6.10 Å². The first kappa shape index (κ1) is 14.0. The first-order valence-corrected chi connectivity index (χ1v) is 6.22. The van der Waals surface area contributed by atoms with E-state index in [2.05, 4.69) is 44.4 Å². The minimum atomic E-state index is -0.364. The molecule has 1 atom stereocenters. The SMILES string of the molecule is Cc1cccc(NCC(O)CNC(C)C)c1C. The topological polar surface area (TPSA) is 44.3 Å². The van der Waals surface area contributed by atoms with Crippen molar-refractivity contribution in [3.8, 4) is 0 Å². The third-order valence-corrected chi connectivity index (χ3v) is 2.89. The minimum Gasteiger partial charge on any atom is -0.390 e. The highest BCUT2D eigenvalue weighted by Gasteiger charge is 2.06. The number of aliphatic hydroxyl groups excluding tert-OH is 1. The molecular formula is C14H24N2O. The molecule has 17 heavy (non-hydrogen) atoms. The summed E-state index contributed by atoms with van der Waals surface area (Å²) in [7, 11) is 0. The summed E-state index contributed by atoms with van der Waals surface area (Å²) in [6.45, 7) is 9.53. The summed E-state index contributed by atoms with van der Waals surface area (Å²) in [4.78, 5) is 0. The van der Waals surface area contributed by atoms with E-state index in [-0.39, 0.29) is 6.10 Å². The standard InChI is InChI=1S/C14H24N2O/c1-10(2)15-8-13(17)9-16-14-7-5-6-11(3)12(14)4/h5-7,10,13,15-17H,8-9H2,1-4H3. The van der Waals surface area contributed by atoms with Gasteiger partial charge in [-0.15, -0.1) is 0 Å². The Hall–Kier alpha value is -1.06. The van der Waals surface area contributed by atoms with Gasteiger partial charge >= 0.3 is 0 Å². The number of nitrogens with one attached hydrogen (secondary N) is 2. The van der Waals surface area contributed by atoms with Crippen LogP contribution in [0.3, 0.4) is 0 Å². The van der Waals surface area contributed by atoms with Crippen molar-refractivity contribution in [3.63, 3.8) is 0 Å². The zero-order valence-electron chi connectivity index (χ0n) is 11.2. The molecule has 0 radical (unpaired) electrons. The van der Waals surface area contributed by atoms with Gasteiger partial charge in [0, 0.05) is 24.8 Å². The molecule has 1 rings (SSSR count). The first-order valence-electron chi connectivity index (χ1n) is 6.22. The highest BCUT2D eigenvalue weighted by Crippen LogP contribution is 2.17. The second-order valence-corrected chi connectivity index (χ2v) is 4.85. The van der Waals surface area contributed by atoms with E-state index in [0.29, 0.717) is 19.1 Å². The Morgan fingerprint density at radius 1 is 1.18 bits per heavy atom. The maximum absolute atomic E-state index is 9.79. The van der Waals surface area contributed by atoms with Crippen molar-refractivity contribution in [3.05, 3.63) is 29.3 Å². The van der Waals surface area contributed by atoms with Crippen molar-refractivity contribution in [1.29, 1.82) is 0 Å². The zero-order chi connectivity index (χ0) is 12.8. The average Bonchev–Trinajstić information content (AvgIpc) is 2.28. The van der Waals surface area contributed by atoms with Crippen LogP contribution in [0.5, 0.6) is 0 Å². The van der Waals surface area contributed by atoms with Crippen molar-refractivity contribution in [2.24, 2.45) is 0 Å². The molecule has 0 bridgehead atoms. The van der Waals surface area contributed by atoms with Gasteiger partial charge in [-0.05, 0) is 31.0 Å². The number of benzene rings is 1. The molecule has 1 aromatic carbocycles. The van der Waals surface area contributed by atoms with Gasteiger partial charge in [-0.3, -0.25) is 0 Å². The van der Waals surface area contributed by atoms with E-state index in [1.807, 2.05) is 12.1 Å².